The van der Waals surface area contributed by atoms with Gasteiger partial charge in [-0.1, -0.05) is 29.3 Å². The number of hydrogen-bond acceptors (Lipinski definition) is 4. The van der Waals surface area contributed by atoms with Crippen LogP contribution in [-0.2, 0) is 5.60 Å². The van der Waals surface area contributed by atoms with E-state index in [9.17, 15) is 33.2 Å². The lowest BCUT2D eigenvalue weighted by Gasteiger charge is -2.32. The van der Waals surface area contributed by atoms with E-state index in [4.69, 9.17) is 23.2 Å². The lowest BCUT2D eigenvalue weighted by molar-refractivity contribution is -0.384. The fourth-order valence-electron chi connectivity index (χ4n) is 3.10. The van der Waals surface area contributed by atoms with Crippen molar-refractivity contribution in [1.82, 2.24) is 0 Å². The first-order chi connectivity index (χ1) is 15.7. The largest absolute Gasteiger partial charge is 0.425 e. The summed E-state index contributed by atoms with van der Waals surface area (Å²) in [4.78, 5) is 22.9. The van der Waals surface area contributed by atoms with E-state index < -0.39 is 33.7 Å². The molecule has 178 valence electrons. The van der Waals surface area contributed by atoms with Crippen molar-refractivity contribution < 1.29 is 28.0 Å². The van der Waals surface area contributed by atoms with Crippen LogP contribution in [0, 0.1) is 10.1 Å². The molecule has 0 aromatic heterocycles. The number of rotatable bonds is 5. The number of nitro benzene ring substituents is 1. The van der Waals surface area contributed by atoms with E-state index in [-0.39, 0.29) is 35.9 Å². The molecule has 0 aliphatic heterocycles. The van der Waals surface area contributed by atoms with Gasteiger partial charge in [-0.3, -0.25) is 14.9 Å². The van der Waals surface area contributed by atoms with Gasteiger partial charge in [-0.2, -0.15) is 13.2 Å². The summed E-state index contributed by atoms with van der Waals surface area (Å²) in [5.41, 5.74) is -5.01. The van der Waals surface area contributed by atoms with Gasteiger partial charge in [0, 0.05) is 42.3 Å². The van der Waals surface area contributed by atoms with E-state index in [1.807, 2.05) is 0 Å². The van der Waals surface area contributed by atoms with E-state index in [1.54, 1.807) is 0 Å². The van der Waals surface area contributed by atoms with E-state index in [0.29, 0.717) is 0 Å². The van der Waals surface area contributed by atoms with Crippen molar-refractivity contribution in [2.45, 2.75) is 11.8 Å². The molecule has 2 N–H and O–H groups in total. The second kappa shape index (κ2) is 9.82. The molecule has 0 saturated heterocycles. The second-order valence-electron chi connectivity index (χ2n) is 6.94. The highest BCUT2D eigenvalue weighted by Crippen LogP contribution is 2.48. The number of hydrogen-bond donors (Lipinski definition) is 2. The summed E-state index contributed by atoms with van der Waals surface area (Å²) in [5.74, 6) is -0.745. The van der Waals surface area contributed by atoms with Gasteiger partial charge >= 0.3 is 6.18 Å². The van der Waals surface area contributed by atoms with Crippen LogP contribution in [0.4, 0.5) is 24.5 Å². The smallest absolute Gasteiger partial charge is 0.372 e. The van der Waals surface area contributed by atoms with Gasteiger partial charge in [-0.25, -0.2) is 0 Å². The zero-order valence-electron chi connectivity index (χ0n) is 16.5. The Balaban J connectivity index is 2.06. The van der Waals surface area contributed by atoms with Crippen LogP contribution >= 0.6 is 55.1 Å². The Morgan fingerprint density at radius 2 is 1.50 bits per heavy atom. The third kappa shape index (κ3) is 5.23. The molecule has 0 saturated carbocycles. The number of carbonyl (C=O) groups excluding carboxylic acids is 1. The maximum absolute atomic E-state index is 14.1. The molecule has 0 bridgehead atoms. The molecule has 0 radical (unpaired) electrons. The Bertz CT molecular complexity index is 1260. The number of nitro groups is 1. The number of nitrogens with one attached hydrogen (secondary N) is 1. The number of alkyl halides is 3. The quantitative estimate of drug-likeness (QED) is 0.223. The number of anilines is 1. The van der Waals surface area contributed by atoms with Crippen LogP contribution in [0.25, 0.3) is 0 Å². The topological polar surface area (TPSA) is 92.5 Å². The summed E-state index contributed by atoms with van der Waals surface area (Å²) in [6.45, 7) is 0. The Morgan fingerprint density at radius 3 is 2.00 bits per heavy atom. The molecule has 1 unspecified atom stereocenters. The van der Waals surface area contributed by atoms with Crippen molar-refractivity contribution in [3.8, 4) is 0 Å². The van der Waals surface area contributed by atoms with Gasteiger partial charge in [-0.15, -0.1) is 0 Å². The lowest BCUT2D eigenvalue weighted by atomic mass is 9.85. The Hall–Kier alpha value is -2.18. The first kappa shape index (κ1) is 26.4. The predicted octanol–water partition coefficient (Wildman–Crippen LogP) is 7.48. The molecule has 6 nitrogen and oxygen atoms in total. The first-order valence-electron chi connectivity index (χ1n) is 9.05. The third-order valence-electron chi connectivity index (χ3n) is 4.71. The maximum atomic E-state index is 14.1. The number of carbonyl (C=O) groups is 1. The fraction of sp³-hybridized carbons (Fsp3) is 0.0952. The standard InChI is InChI=1S/C21H11Br2Cl2F3N2O4/c22-16-7-12(20(32,21(26,27)28)11-5-13(24)9-14(25)6-11)8-17(23)18(16)29-19(31)10-2-1-3-15(4-10)30(33)34/h1-9,32H,(H,29,31). The highest BCUT2D eigenvalue weighted by molar-refractivity contribution is 9.11. The molecule has 3 rings (SSSR count). The summed E-state index contributed by atoms with van der Waals surface area (Å²) in [6.07, 6.45) is -5.17. The number of nitrogens with zero attached hydrogens (tertiary/aromatic N) is 1. The molecule has 0 spiro atoms. The van der Waals surface area contributed by atoms with Gasteiger partial charge in [0.2, 0.25) is 5.60 Å². The number of amides is 1. The zero-order chi connectivity index (χ0) is 25.4. The monoisotopic (exact) mass is 640 g/mol. The van der Waals surface area contributed by atoms with Crippen LogP contribution in [0.5, 0.6) is 0 Å². The summed E-state index contributed by atoms with van der Waals surface area (Å²) >= 11 is 17.9. The van der Waals surface area contributed by atoms with Crippen LogP contribution in [0.1, 0.15) is 21.5 Å². The van der Waals surface area contributed by atoms with Gasteiger partial charge in [0.15, 0.2) is 0 Å². The SMILES string of the molecule is O=C(Nc1c(Br)cc(C(O)(c2cc(Cl)cc(Cl)c2)C(F)(F)F)cc1Br)c1cccc([N+](=O)[O-])c1. The maximum Gasteiger partial charge on any atom is 0.425 e. The molecular formula is C21H11Br2Cl2F3N2O4. The minimum Gasteiger partial charge on any atom is -0.372 e. The first-order valence-corrected chi connectivity index (χ1v) is 11.4. The van der Waals surface area contributed by atoms with Crippen molar-refractivity contribution in [2.75, 3.05) is 5.32 Å². The highest BCUT2D eigenvalue weighted by atomic mass is 79.9. The summed E-state index contributed by atoms with van der Waals surface area (Å²) in [5, 5.41) is 24.1. The van der Waals surface area contributed by atoms with Gasteiger partial charge < -0.3 is 10.4 Å². The van der Waals surface area contributed by atoms with Crippen LogP contribution in [-0.4, -0.2) is 22.1 Å². The van der Waals surface area contributed by atoms with Crippen molar-refractivity contribution in [3.63, 3.8) is 0 Å². The normalized spacial score (nSPS) is 13.3. The fourth-order valence-corrected chi connectivity index (χ4v) is 5.02. The Labute approximate surface area is 217 Å². The number of non-ortho nitro benzene ring substituents is 1. The average Bonchev–Trinajstić information content (AvgIpc) is 2.73. The van der Waals surface area contributed by atoms with Gasteiger partial charge in [0.05, 0.1) is 10.6 Å². The molecule has 0 fully saturated rings. The Morgan fingerprint density at radius 1 is 0.971 bits per heavy atom. The van der Waals surface area contributed by atoms with Gasteiger partial charge in [0.25, 0.3) is 11.6 Å². The minimum atomic E-state index is -5.17. The van der Waals surface area contributed by atoms with Gasteiger partial charge in [0.1, 0.15) is 0 Å². The molecule has 1 atom stereocenters. The summed E-state index contributed by atoms with van der Waals surface area (Å²) in [6, 6.07) is 9.99. The van der Waals surface area contributed by atoms with E-state index in [2.05, 4.69) is 37.2 Å². The van der Waals surface area contributed by atoms with Crippen LogP contribution in [0.2, 0.25) is 10.0 Å². The number of halogens is 7. The molecule has 3 aromatic carbocycles. The zero-order valence-corrected chi connectivity index (χ0v) is 21.1. The van der Waals surface area contributed by atoms with Crippen LogP contribution < -0.4 is 5.32 Å². The Kier molecular flexibility index (Phi) is 7.63. The molecular weight excluding hydrogens is 632 g/mol. The summed E-state index contributed by atoms with van der Waals surface area (Å²) in [7, 11) is 0. The lowest BCUT2D eigenvalue weighted by Crippen LogP contribution is -2.43. The molecule has 0 aliphatic carbocycles. The second-order valence-corrected chi connectivity index (χ2v) is 9.52. The highest BCUT2D eigenvalue weighted by Gasteiger charge is 2.56. The number of benzene rings is 3. The van der Waals surface area contributed by atoms with Crippen LogP contribution in [0.15, 0.2) is 63.5 Å². The molecule has 3 aromatic rings. The van der Waals surface area contributed by atoms with Crippen LogP contribution in [0.3, 0.4) is 0 Å². The predicted molar refractivity (Wildman–Crippen MR) is 128 cm³/mol. The minimum absolute atomic E-state index is 0.00791. The van der Waals surface area contributed by atoms with Crippen molar-refractivity contribution in [1.29, 1.82) is 0 Å². The molecule has 0 heterocycles. The molecule has 1 amide bonds. The molecule has 34 heavy (non-hydrogen) atoms. The third-order valence-corrected chi connectivity index (χ3v) is 6.40. The van der Waals surface area contributed by atoms with E-state index in [1.165, 1.54) is 24.3 Å². The van der Waals surface area contributed by atoms with Crippen molar-refractivity contribution in [2.24, 2.45) is 0 Å². The van der Waals surface area contributed by atoms with Crippen molar-refractivity contribution in [3.05, 3.63) is 100 Å². The van der Waals surface area contributed by atoms with Crippen molar-refractivity contribution >= 4 is 72.3 Å². The summed E-state index contributed by atoms with van der Waals surface area (Å²) < 4.78 is 42.4. The number of aliphatic hydroxyl groups is 1. The molecule has 13 heteroatoms. The van der Waals surface area contributed by atoms with E-state index in [0.717, 1.165) is 30.3 Å². The van der Waals surface area contributed by atoms with E-state index >= 15 is 0 Å². The molecule has 0 aliphatic rings. The van der Waals surface area contributed by atoms with Gasteiger partial charge in [-0.05, 0) is 73.8 Å². The average molecular weight is 643 g/mol.